The molecule has 0 radical (unpaired) electrons. The van der Waals surface area contributed by atoms with E-state index in [9.17, 15) is 19.7 Å². The molecule has 0 saturated heterocycles. The number of nitrogens with zero attached hydrogens (tertiary/aromatic N) is 3. The highest BCUT2D eigenvalue weighted by atomic mass is 32.1. The van der Waals surface area contributed by atoms with Crippen molar-refractivity contribution in [3.8, 4) is 0 Å². The molecule has 0 bridgehead atoms. The second-order valence-corrected chi connectivity index (χ2v) is 6.50. The van der Waals surface area contributed by atoms with Crippen LogP contribution in [0.3, 0.4) is 0 Å². The van der Waals surface area contributed by atoms with Gasteiger partial charge in [-0.25, -0.2) is 4.79 Å². The number of nitro benzene ring substituents is 1. The van der Waals surface area contributed by atoms with Gasteiger partial charge in [0.25, 0.3) is 11.6 Å². The number of amides is 1. The van der Waals surface area contributed by atoms with Gasteiger partial charge < -0.3 is 9.30 Å². The van der Waals surface area contributed by atoms with Crippen LogP contribution in [0.5, 0.6) is 0 Å². The molecule has 0 aliphatic heterocycles. The minimum Gasteiger partial charge on any atom is -0.465 e. The number of rotatable bonds is 4. The smallest absolute Gasteiger partial charge is 0.337 e. The normalized spacial score (nSPS) is 11.6. The minimum atomic E-state index is -0.691. The Labute approximate surface area is 157 Å². The van der Waals surface area contributed by atoms with Crippen LogP contribution in [0.25, 0.3) is 10.2 Å². The molecule has 0 saturated carbocycles. The van der Waals surface area contributed by atoms with E-state index in [2.05, 4.69) is 4.99 Å². The summed E-state index contributed by atoms with van der Waals surface area (Å²) < 4.78 is 7.30. The molecule has 1 aromatic heterocycles. The van der Waals surface area contributed by atoms with Crippen molar-refractivity contribution in [2.24, 2.45) is 4.99 Å². The molecule has 0 unspecified atom stereocenters. The summed E-state index contributed by atoms with van der Waals surface area (Å²) >= 11 is 1.23. The van der Waals surface area contributed by atoms with Crippen LogP contribution >= 0.6 is 11.3 Å². The minimum absolute atomic E-state index is 0.0714. The molecule has 27 heavy (non-hydrogen) atoms. The van der Waals surface area contributed by atoms with Crippen molar-refractivity contribution in [1.82, 2.24) is 4.57 Å². The Hall–Kier alpha value is -3.33. The van der Waals surface area contributed by atoms with Crippen molar-refractivity contribution in [3.63, 3.8) is 0 Å². The number of fused-ring (bicyclic) bond motifs is 1. The highest BCUT2D eigenvalue weighted by Crippen LogP contribution is 2.21. The molecule has 9 heteroatoms. The van der Waals surface area contributed by atoms with Crippen LogP contribution in [0.2, 0.25) is 0 Å². The zero-order chi connectivity index (χ0) is 19.6. The number of esters is 1. The molecule has 1 heterocycles. The molecule has 0 fully saturated rings. The van der Waals surface area contributed by atoms with Crippen LogP contribution in [-0.4, -0.2) is 28.5 Å². The number of methoxy groups -OCH3 is 1. The van der Waals surface area contributed by atoms with E-state index in [1.54, 1.807) is 24.3 Å². The zero-order valence-corrected chi connectivity index (χ0v) is 15.4. The van der Waals surface area contributed by atoms with Crippen molar-refractivity contribution in [2.45, 2.75) is 13.5 Å². The van der Waals surface area contributed by atoms with Gasteiger partial charge in [0.2, 0.25) is 0 Å². The largest absolute Gasteiger partial charge is 0.465 e. The molecule has 2 aromatic carbocycles. The third-order valence-corrected chi connectivity index (χ3v) is 4.99. The Balaban J connectivity index is 2.14. The number of carbonyl (C=O) groups is 2. The van der Waals surface area contributed by atoms with Gasteiger partial charge in [0.1, 0.15) is 5.56 Å². The summed E-state index contributed by atoms with van der Waals surface area (Å²) in [4.78, 5) is 39.3. The molecule has 0 aliphatic rings. The molecule has 138 valence electrons. The van der Waals surface area contributed by atoms with E-state index in [1.807, 2.05) is 11.5 Å². The van der Waals surface area contributed by atoms with Gasteiger partial charge in [0, 0.05) is 12.6 Å². The fourth-order valence-corrected chi connectivity index (χ4v) is 3.80. The van der Waals surface area contributed by atoms with E-state index in [4.69, 9.17) is 4.74 Å². The van der Waals surface area contributed by atoms with Gasteiger partial charge in [-0.05, 0) is 31.2 Å². The van der Waals surface area contributed by atoms with Crippen molar-refractivity contribution in [3.05, 3.63) is 68.5 Å². The van der Waals surface area contributed by atoms with E-state index < -0.39 is 16.8 Å². The molecule has 3 aromatic rings. The Morgan fingerprint density at radius 1 is 1.26 bits per heavy atom. The highest BCUT2D eigenvalue weighted by Gasteiger charge is 2.19. The zero-order valence-electron chi connectivity index (χ0n) is 14.5. The van der Waals surface area contributed by atoms with Gasteiger partial charge in [-0.2, -0.15) is 4.99 Å². The Morgan fingerprint density at radius 3 is 2.67 bits per heavy atom. The summed E-state index contributed by atoms with van der Waals surface area (Å²) in [6.07, 6.45) is 0. The molecule has 0 aliphatic carbocycles. The summed E-state index contributed by atoms with van der Waals surface area (Å²) in [5.41, 5.74) is 0.844. The van der Waals surface area contributed by atoms with E-state index in [0.717, 1.165) is 10.2 Å². The first-order chi connectivity index (χ1) is 13.0. The number of aromatic nitrogens is 1. The van der Waals surface area contributed by atoms with Gasteiger partial charge in [-0.3, -0.25) is 14.9 Å². The van der Waals surface area contributed by atoms with E-state index in [-0.39, 0.29) is 11.3 Å². The fraction of sp³-hybridized carbons (Fsp3) is 0.167. The molecule has 0 atom stereocenters. The van der Waals surface area contributed by atoms with Crippen LogP contribution in [-0.2, 0) is 11.3 Å². The number of para-hydroxylation sites is 1. The van der Waals surface area contributed by atoms with Gasteiger partial charge in [0.05, 0.1) is 27.8 Å². The third-order valence-electron chi connectivity index (χ3n) is 3.95. The number of thiazole rings is 1. The second-order valence-electron chi connectivity index (χ2n) is 5.49. The summed E-state index contributed by atoms with van der Waals surface area (Å²) in [5, 5.41) is 11.1. The molecule has 8 nitrogen and oxygen atoms in total. The second kappa shape index (κ2) is 7.50. The summed E-state index contributed by atoms with van der Waals surface area (Å²) in [5.74, 6) is -1.15. The van der Waals surface area contributed by atoms with E-state index in [1.165, 1.54) is 36.6 Å². The summed E-state index contributed by atoms with van der Waals surface area (Å²) in [6.45, 7) is 2.44. The summed E-state index contributed by atoms with van der Waals surface area (Å²) in [6, 6.07) is 10.8. The Bertz CT molecular complexity index is 1130. The van der Waals surface area contributed by atoms with Gasteiger partial charge in [-0.1, -0.05) is 23.5 Å². The lowest BCUT2D eigenvalue weighted by Crippen LogP contribution is -2.16. The standard InChI is InChI=1S/C18H15N3O5S/c1-3-20-14-9-8-11(17(23)26-2)10-15(14)27-18(20)19-16(22)12-6-4-5-7-13(12)21(24)25/h4-10H,3H2,1-2H3. The monoisotopic (exact) mass is 385 g/mol. The van der Waals surface area contributed by atoms with Gasteiger partial charge >= 0.3 is 5.97 Å². The first-order valence-electron chi connectivity index (χ1n) is 8.00. The Morgan fingerprint density at radius 2 is 2.00 bits per heavy atom. The molecular weight excluding hydrogens is 370 g/mol. The Kier molecular flexibility index (Phi) is 5.13. The first-order valence-corrected chi connectivity index (χ1v) is 8.82. The number of nitro groups is 1. The number of carbonyl (C=O) groups excluding carboxylic acids is 2. The van der Waals surface area contributed by atoms with Crippen LogP contribution in [0, 0.1) is 10.1 Å². The maximum atomic E-state index is 12.6. The number of hydrogen-bond acceptors (Lipinski definition) is 6. The van der Waals surface area contributed by atoms with Crippen molar-refractivity contribution in [2.75, 3.05) is 7.11 Å². The first kappa shape index (κ1) is 18.5. The lowest BCUT2D eigenvalue weighted by molar-refractivity contribution is -0.385. The van der Waals surface area contributed by atoms with Crippen LogP contribution in [0.4, 0.5) is 5.69 Å². The van der Waals surface area contributed by atoms with Crippen LogP contribution in [0.1, 0.15) is 27.6 Å². The number of hydrogen-bond donors (Lipinski definition) is 0. The SMILES string of the molecule is CCn1c(=NC(=O)c2ccccc2[N+](=O)[O-])sc2cc(C(=O)OC)ccc21. The van der Waals surface area contributed by atoms with E-state index >= 15 is 0 Å². The lowest BCUT2D eigenvalue weighted by atomic mass is 10.2. The van der Waals surface area contributed by atoms with Crippen molar-refractivity contribution in [1.29, 1.82) is 0 Å². The predicted octanol–water partition coefficient (Wildman–Crippen LogP) is 3.16. The number of ether oxygens (including phenoxy) is 1. The topological polar surface area (TPSA) is 104 Å². The number of benzene rings is 2. The average Bonchev–Trinajstić information content (AvgIpc) is 3.03. The van der Waals surface area contributed by atoms with Crippen LogP contribution < -0.4 is 4.80 Å². The number of aryl methyl sites for hydroxylation is 1. The third kappa shape index (κ3) is 3.49. The maximum Gasteiger partial charge on any atom is 0.337 e. The quantitative estimate of drug-likeness (QED) is 0.390. The molecular formula is C18H15N3O5S. The van der Waals surface area contributed by atoms with Crippen LogP contribution in [0.15, 0.2) is 47.5 Å². The average molecular weight is 385 g/mol. The van der Waals surface area contributed by atoms with Gasteiger partial charge in [0.15, 0.2) is 4.80 Å². The summed E-state index contributed by atoms with van der Waals surface area (Å²) in [7, 11) is 1.30. The molecule has 1 amide bonds. The van der Waals surface area contributed by atoms with E-state index in [0.29, 0.717) is 16.9 Å². The molecule has 3 rings (SSSR count). The fourth-order valence-electron chi connectivity index (χ4n) is 2.67. The van der Waals surface area contributed by atoms with Crippen molar-refractivity contribution < 1.29 is 19.2 Å². The molecule has 0 N–H and O–H groups in total. The van der Waals surface area contributed by atoms with Gasteiger partial charge in [-0.15, -0.1) is 0 Å². The molecule has 0 spiro atoms. The maximum absolute atomic E-state index is 12.6. The van der Waals surface area contributed by atoms with Crippen molar-refractivity contribution >= 4 is 39.1 Å². The highest BCUT2D eigenvalue weighted by molar-refractivity contribution is 7.16. The lowest BCUT2D eigenvalue weighted by Gasteiger charge is -2.02. The predicted molar refractivity (Wildman–Crippen MR) is 99.8 cm³/mol.